The Hall–Kier alpha value is -2.54. The van der Waals surface area contributed by atoms with Crippen LogP contribution in [0.4, 0.5) is 0 Å². The number of carbonyl (C=O) groups excluding carboxylic acids is 1. The number of nitrogens with zero attached hydrogens (tertiary/aromatic N) is 2. The first-order valence-corrected chi connectivity index (χ1v) is 6.43. The summed E-state index contributed by atoms with van der Waals surface area (Å²) in [5, 5.41) is 7.10. The van der Waals surface area contributed by atoms with Crippen LogP contribution in [0.25, 0.3) is 5.69 Å². The van der Waals surface area contributed by atoms with Crippen molar-refractivity contribution in [3.05, 3.63) is 47.3 Å². The van der Waals surface area contributed by atoms with Crippen LogP contribution in [-0.4, -0.2) is 22.2 Å². The van der Waals surface area contributed by atoms with Crippen LogP contribution in [0.3, 0.4) is 0 Å². The maximum absolute atomic E-state index is 10.7. The minimum absolute atomic E-state index is 0.0734. The average Bonchev–Trinajstić information content (AvgIpc) is 2.74. The van der Waals surface area contributed by atoms with Crippen molar-refractivity contribution in [3.63, 3.8) is 0 Å². The number of nitrogens with one attached hydrogen (secondary N) is 1. The van der Waals surface area contributed by atoms with E-state index in [1.54, 1.807) is 0 Å². The molecule has 1 aromatic carbocycles. The highest BCUT2D eigenvalue weighted by Crippen LogP contribution is 2.13. The number of benzene rings is 1. The summed E-state index contributed by atoms with van der Waals surface area (Å²) in [5.74, 6) is 5.88. The van der Waals surface area contributed by atoms with Gasteiger partial charge in [0.05, 0.1) is 17.9 Å². The number of hydrogen-bond donors (Lipinski definition) is 1. The quantitative estimate of drug-likeness (QED) is 0.846. The van der Waals surface area contributed by atoms with E-state index >= 15 is 0 Å². The van der Waals surface area contributed by atoms with Gasteiger partial charge in [-0.15, -0.1) is 0 Å². The standard InChI is InChI=1S/C16H17N3O/c1-12-10-13(2)19(18-12)16-8-4-6-15(11-16)7-5-9-17-14(3)20/h4,6,8,10-11H,9H2,1-3H3,(H,17,20). The summed E-state index contributed by atoms with van der Waals surface area (Å²) in [6.07, 6.45) is 0. The van der Waals surface area contributed by atoms with Gasteiger partial charge in [-0.25, -0.2) is 4.68 Å². The molecular formula is C16H17N3O. The lowest BCUT2D eigenvalue weighted by molar-refractivity contribution is -0.118. The van der Waals surface area contributed by atoms with E-state index in [1.807, 2.05) is 48.9 Å². The minimum Gasteiger partial charge on any atom is -0.345 e. The molecule has 0 unspecified atom stereocenters. The molecule has 0 aliphatic rings. The molecule has 2 aromatic rings. The van der Waals surface area contributed by atoms with E-state index in [0.717, 1.165) is 22.6 Å². The molecule has 1 aromatic heterocycles. The molecule has 0 fully saturated rings. The number of amides is 1. The highest BCUT2D eigenvalue weighted by atomic mass is 16.1. The SMILES string of the molecule is CC(=O)NCC#Cc1cccc(-n2nc(C)cc2C)c1. The first-order valence-electron chi connectivity index (χ1n) is 6.43. The highest BCUT2D eigenvalue weighted by molar-refractivity contribution is 5.73. The van der Waals surface area contributed by atoms with Crippen LogP contribution in [0.5, 0.6) is 0 Å². The lowest BCUT2D eigenvalue weighted by atomic mass is 10.2. The van der Waals surface area contributed by atoms with Crippen LogP contribution in [-0.2, 0) is 4.79 Å². The van der Waals surface area contributed by atoms with E-state index < -0.39 is 0 Å². The Labute approximate surface area is 118 Å². The fourth-order valence-corrected chi connectivity index (χ4v) is 1.92. The molecule has 1 heterocycles. The van der Waals surface area contributed by atoms with E-state index in [9.17, 15) is 4.79 Å². The molecule has 0 saturated carbocycles. The van der Waals surface area contributed by atoms with Crippen LogP contribution in [0.1, 0.15) is 23.9 Å². The van der Waals surface area contributed by atoms with Crippen molar-refractivity contribution in [1.82, 2.24) is 15.1 Å². The van der Waals surface area contributed by atoms with Gasteiger partial charge in [-0.05, 0) is 38.1 Å². The Bertz CT molecular complexity index is 689. The topological polar surface area (TPSA) is 46.9 Å². The van der Waals surface area contributed by atoms with Crippen molar-refractivity contribution in [1.29, 1.82) is 0 Å². The van der Waals surface area contributed by atoms with Gasteiger partial charge in [-0.1, -0.05) is 17.9 Å². The lowest BCUT2D eigenvalue weighted by Crippen LogP contribution is -2.19. The number of hydrogen-bond acceptors (Lipinski definition) is 2. The van der Waals surface area contributed by atoms with Crippen LogP contribution < -0.4 is 5.32 Å². The van der Waals surface area contributed by atoms with Gasteiger partial charge in [0.1, 0.15) is 0 Å². The smallest absolute Gasteiger partial charge is 0.217 e. The maximum Gasteiger partial charge on any atom is 0.217 e. The van der Waals surface area contributed by atoms with Gasteiger partial charge in [0.2, 0.25) is 5.91 Å². The Morgan fingerprint density at radius 2 is 2.15 bits per heavy atom. The number of aromatic nitrogens is 2. The molecular weight excluding hydrogens is 250 g/mol. The third kappa shape index (κ3) is 3.48. The Morgan fingerprint density at radius 3 is 2.80 bits per heavy atom. The van der Waals surface area contributed by atoms with Crippen molar-refractivity contribution < 1.29 is 4.79 Å². The molecule has 0 atom stereocenters. The molecule has 4 nitrogen and oxygen atoms in total. The van der Waals surface area contributed by atoms with Crippen molar-refractivity contribution in [2.75, 3.05) is 6.54 Å². The maximum atomic E-state index is 10.7. The summed E-state index contributed by atoms with van der Waals surface area (Å²) in [4.78, 5) is 10.7. The van der Waals surface area contributed by atoms with Crippen molar-refractivity contribution in [2.24, 2.45) is 0 Å². The zero-order chi connectivity index (χ0) is 14.5. The fourth-order valence-electron chi connectivity index (χ4n) is 1.92. The van der Waals surface area contributed by atoms with Crippen molar-refractivity contribution >= 4 is 5.91 Å². The third-order valence-electron chi connectivity index (χ3n) is 2.76. The normalized spacial score (nSPS) is 9.75. The van der Waals surface area contributed by atoms with E-state index in [4.69, 9.17) is 0 Å². The molecule has 0 bridgehead atoms. The van der Waals surface area contributed by atoms with E-state index in [0.29, 0.717) is 6.54 Å². The van der Waals surface area contributed by atoms with Crippen molar-refractivity contribution in [3.8, 4) is 17.5 Å². The van der Waals surface area contributed by atoms with Crippen LogP contribution in [0, 0.1) is 25.7 Å². The Kier molecular flexibility index (Phi) is 4.21. The van der Waals surface area contributed by atoms with E-state index in [1.165, 1.54) is 6.92 Å². The molecule has 1 amide bonds. The molecule has 0 spiro atoms. The number of aryl methyl sites for hydroxylation is 2. The first kappa shape index (κ1) is 13.9. The predicted octanol–water partition coefficient (Wildman–Crippen LogP) is 1.98. The summed E-state index contributed by atoms with van der Waals surface area (Å²) in [5.41, 5.74) is 3.97. The predicted molar refractivity (Wildman–Crippen MR) is 78.6 cm³/mol. The highest BCUT2D eigenvalue weighted by Gasteiger charge is 2.03. The zero-order valence-electron chi connectivity index (χ0n) is 11.9. The largest absolute Gasteiger partial charge is 0.345 e. The molecule has 102 valence electrons. The molecule has 0 saturated heterocycles. The molecule has 0 aliphatic carbocycles. The molecule has 4 heteroatoms. The second-order valence-corrected chi connectivity index (χ2v) is 4.60. The van der Waals surface area contributed by atoms with Gasteiger partial charge >= 0.3 is 0 Å². The van der Waals surface area contributed by atoms with Gasteiger partial charge in [-0.2, -0.15) is 5.10 Å². The monoisotopic (exact) mass is 267 g/mol. The van der Waals surface area contributed by atoms with Gasteiger partial charge in [0.25, 0.3) is 0 Å². The molecule has 0 radical (unpaired) electrons. The average molecular weight is 267 g/mol. The Morgan fingerprint density at radius 1 is 1.35 bits per heavy atom. The van der Waals surface area contributed by atoms with E-state index in [-0.39, 0.29) is 5.91 Å². The number of rotatable bonds is 2. The second-order valence-electron chi connectivity index (χ2n) is 4.60. The summed E-state index contributed by atoms with van der Waals surface area (Å²) in [6.45, 7) is 5.83. The summed E-state index contributed by atoms with van der Waals surface area (Å²) < 4.78 is 1.90. The number of carbonyl (C=O) groups is 1. The zero-order valence-corrected chi connectivity index (χ0v) is 11.9. The summed E-state index contributed by atoms with van der Waals surface area (Å²) in [6, 6.07) is 9.91. The molecule has 0 aliphatic heterocycles. The van der Waals surface area contributed by atoms with E-state index in [2.05, 4.69) is 22.3 Å². The second kappa shape index (κ2) is 6.07. The molecule has 1 N–H and O–H groups in total. The summed E-state index contributed by atoms with van der Waals surface area (Å²) in [7, 11) is 0. The summed E-state index contributed by atoms with van der Waals surface area (Å²) >= 11 is 0. The van der Waals surface area contributed by atoms with Gasteiger partial charge in [0.15, 0.2) is 0 Å². The van der Waals surface area contributed by atoms with Gasteiger partial charge in [0, 0.05) is 18.2 Å². The van der Waals surface area contributed by atoms with Crippen LogP contribution in [0.2, 0.25) is 0 Å². The molecule has 2 rings (SSSR count). The van der Waals surface area contributed by atoms with Crippen LogP contribution >= 0.6 is 0 Å². The molecule has 20 heavy (non-hydrogen) atoms. The van der Waals surface area contributed by atoms with Gasteiger partial charge < -0.3 is 5.32 Å². The lowest BCUT2D eigenvalue weighted by Gasteiger charge is -2.04. The Balaban J connectivity index is 2.20. The van der Waals surface area contributed by atoms with Crippen LogP contribution in [0.15, 0.2) is 30.3 Å². The first-order chi connectivity index (χ1) is 9.56. The third-order valence-corrected chi connectivity index (χ3v) is 2.76. The van der Waals surface area contributed by atoms with Gasteiger partial charge in [-0.3, -0.25) is 4.79 Å². The fraction of sp³-hybridized carbons (Fsp3) is 0.250. The van der Waals surface area contributed by atoms with Crippen molar-refractivity contribution in [2.45, 2.75) is 20.8 Å². The minimum atomic E-state index is -0.0734.